The van der Waals surface area contributed by atoms with Gasteiger partial charge in [0.05, 0.1) is 13.2 Å². The van der Waals surface area contributed by atoms with Gasteiger partial charge in [-0.15, -0.1) is 0 Å². The number of carbonyl (C=O) groups is 2. The molecule has 0 heterocycles. The SMILES string of the molecule is CCCCCCCCCCCCOc1ccc2c(c1)c1c3ccccc3c3c4cc(C(=O)Cl)ccc4c4c5ccc(C(=O)Cl)cc5c5c6ccccc6c6c7cc(OCCCCCCCCCCCC)ccc7c2c2c1c3c4c5c62. The van der Waals surface area contributed by atoms with E-state index in [-0.39, 0.29) is 0 Å². The smallest absolute Gasteiger partial charge is 0.252 e. The van der Waals surface area contributed by atoms with E-state index in [1.807, 2.05) is 24.3 Å². The highest BCUT2D eigenvalue weighted by atomic mass is 35.5. The van der Waals surface area contributed by atoms with Gasteiger partial charge in [-0.3, -0.25) is 9.59 Å². The van der Waals surface area contributed by atoms with Crippen molar-refractivity contribution in [2.45, 2.75) is 142 Å². The van der Waals surface area contributed by atoms with Gasteiger partial charge in [-0.05, 0) is 214 Å². The third-order valence-electron chi connectivity index (χ3n) is 18.1. The molecule has 4 nitrogen and oxygen atoms in total. The molecule has 0 N–H and O–H groups in total. The lowest BCUT2D eigenvalue weighted by atomic mass is 9.74. The van der Waals surface area contributed by atoms with Gasteiger partial charge in [-0.2, -0.15) is 0 Å². The predicted octanol–water partition coefficient (Wildman–Crippen LogP) is 23.2. The van der Waals surface area contributed by atoms with E-state index >= 15 is 0 Å². The van der Waals surface area contributed by atoms with Crippen LogP contribution in [0.5, 0.6) is 11.5 Å². The van der Waals surface area contributed by atoms with E-state index < -0.39 is 10.5 Å². The number of ether oxygens (including phenoxy) is 2. The molecule has 0 unspecified atom stereocenters. The largest absolute Gasteiger partial charge is 0.494 e. The molecule has 6 heteroatoms. The second-order valence-corrected chi connectivity index (χ2v) is 23.8. The van der Waals surface area contributed by atoms with Crippen molar-refractivity contribution in [2.75, 3.05) is 13.2 Å². The maximum absolute atomic E-state index is 13.2. The Kier molecular flexibility index (Phi) is 14.9. The first-order valence-electron chi connectivity index (χ1n) is 30.3. The van der Waals surface area contributed by atoms with Crippen molar-refractivity contribution in [3.8, 4) is 11.5 Å². The minimum absolute atomic E-state index is 0.444. The van der Waals surface area contributed by atoms with E-state index in [0.717, 1.165) is 105 Å². The van der Waals surface area contributed by atoms with Gasteiger partial charge < -0.3 is 9.47 Å². The Hall–Kier alpha value is -6.72. The Balaban J connectivity index is 1.07. The van der Waals surface area contributed by atoms with Gasteiger partial charge >= 0.3 is 0 Å². The first kappa shape index (κ1) is 52.6. The van der Waals surface area contributed by atoms with Crippen LogP contribution in [0.1, 0.15) is 163 Å². The summed E-state index contributed by atoms with van der Waals surface area (Å²) >= 11 is 12.8. The van der Waals surface area contributed by atoms with Crippen LogP contribution in [0.2, 0.25) is 0 Å². The van der Waals surface area contributed by atoms with E-state index in [9.17, 15) is 9.59 Å². The van der Waals surface area contributed by atoms with Crippen LogP contribution >= 0.6 is 23.2 Å². The second-order valence-electron chi connectivity index (χ2n) is 23.1. The van der Waals surface area contributed by atoms with Crippen molar-refractivity contribution in [3.63, 3.8) is 0 Å². The van der Waals surface area contributed by atoms with E-state index in [1.165, 1.54) is 164 Å². The number of hydrogen-bond acceptors (Lipinski definition) is 4. The molecule has 0 saturated heterocycles. The molecule has 13 aromatic rings. The maximum Gasteiger partial charge on any atom is 0.252 e. The van der Waals surface area contributed by atoms with E-state index in [4.69, 9.17) is 32.7 Å². The Labute approximate surface area is 478 Å². The highest BCUT2D eigenvalue weighted by molar-refractivity contribution is 6.68. The number of carbonyl (C=O) groups excluding carboxylic acids is 2. The number of unbranched alkanes of at least 4 members (excludes halogenated alkanes) is 18. The van der Waals surface area contributed by atoms with Crippen molar-refractivity contribution >= 4 is 163 Å². The van der Waals surface area contributed by atoms with Crippen molar-refractivity contribution in [1.82, 2.24) is 0 Å². The molecule has 404 valence electrons. The minimum atomic E-state index is -0.499. The molecule has 13 aromatic carbocycles. The fraction of sp³-hybridized carbons (Fsp3) is 0.324. The van der Waals surface area contributed by atoms with Gasteiger partial charge in [0.25, 0.3) is 10.5 Å². The third kappa shape index (κ3) is 9.05. The van der Waals surface area contributed by atoms with Crippen LogP contribution in [0.3, 0.4) is 0 Å². The zero-order chi connectivity index (χ0) is 54.4. The van der Waals surface area contributed by atoms with Crippen molar-refractivity contribution in [2.24, 2.45) is 0 Å². The summed E-state index contributed by atoms with van der Waals surface area (Å²) in [6.45, 7) is 5.90. The van der Waals surface area contributed by atoms with Crippen LogP contribution in [0.15, 0.2) is 121 Å². The first-order valence-corrected chi connectivity index (χ1v) is 31.0. The molecule has 13 rings (SSSR count). The minimum Gasteiger partial charge on any atom is -0.494 e. The average Bonchev–Trinajstić information content (AvgIpc) is 1.41. The molecule has 0 fully saturated rings. The summed E-state index contributed by atoms with van der Waals surface area (Å²) < 4.78 is 13.6. The van der Waals surface area contributed by atoms with Crippen LogP contribution in [0.4, 0.5) is 0 Å². The van der Waals surface area contributed by atoms with Crippen LogP contribution in [0.25, 0.3) is 129 Å². The Morgan fingerprint density at radius 3 is 0.838 bits per heavy atom. The zero-order valence-corrected chi connectivity index (χ0v) is 48.0. The summed E-state index contributed by atoms with van der Waals surface area (Å²) in [5.74, 6) is 1.75. The summed E-state index contributed by atoms with van der Waals surface area (Å²) in [6.07, 6.45) is 25.5. The van der Waals surface area contributed by atoms with Crippen molar-refractivity contribution < 1.29 is 19.1 Å². The number of rotatable bonds is 26. The van der Waals surface area contributed by atoms with Crippen molar-refractivity contribution in [3.05, 3.63) is 132 Å². The third-order valence-corrected chi connectivity index (χ3v) is 18.5. The van der Waals surface area contributed by atoms with Gasteiger partial charge in [0, 0.05) is 11.1 Å². The van der Waals surface area contributed by atoms with Crippen LogP contribution in [-0.4, -0.2) is 23.7 Å². The second kappa shape index (κ2) is 22.7. The zero-order valence-electron chi connectivity index (χ0n) is 46.5. The number of fused-ring (bicyclic) bond motifs is 18. The molecule has 0 bridgehead atoms. The van der Waals surface area contributed by atoms with E-state index in [1.54, 1.807) is 0 Å². The highest BCUT2D eigenvalue weighted by Crippen LogP contribution is 2.60. The molecule has 0 aliphatic carbocycles. The molecule has 0 amide bonds. The Bertz CT molecular complexity index is 4200. The number of hydrogen-bond donors (Lipinski definition) is 0. The predicted molar refractivity (Wildman–Crippen MR) is 345 cm³/mol. The quantitative estimate of drug-likeness (QED) is 0.0235. The molecule has 0 aliphatic rings. The number of benzene rings is 13. The molecule has 0 radical (unpaired) electrons. The lowest BCUT2D eigenvalue weighted by Crippen LogP contribution is -2.01. The van der Waals surface area contributed by atoms with Gasteiger partial charge in [0.15, 0.2) is 0 Å². The lowest BCUT2D eigenvalue weighted by molar-refractivity contribution is 0.107. The topological polar surface area (TPSA) is 52.6 Å². The maximum atomic E-state index is 13.2. The molecule has 80 heavy (non-hydrogen) atoms. The summed E-state index contributed by atoms with van der Waals surface area (Å²) in [4.78, 5) is 26.5. The summed E-state index contributed by atoms with van der Waals surface area (Å²) in [7, 11) is 0. The lowest BCUT2D eigenvalue weighted by Gasteiger charge is -2.28. The molecule has 0 saturated carbocycles. The van der Waals surface area contributed by atoms with Gasteiger partial charge in [-0.1, -0.05) is 202 Å². The molecular formula is C74H70Cl2O4. The average molecular weight is 1090 g/mol. The summed E-state index contributed by atoms with van der Waals surface area (Å²) in [6, 6.07) is 43.2. The highest BCUT2D eigenvalue weighted by Gasteiger charge is 2.31. The van der Waals surface area contributed by atoms with E-state index in [2.05, 4.69) is 111 Å². The van der Waals surface area contributed by atoms with Gasteiger partial charge in [0.1, 0.15) is 11.5 Å². The normalized spacial score (nSPS) is 12.4. The van der Waals surface area contributed by atoms with Crippen molar-refractivity contribution in [1.29, 1.82) is 0 Å². The van der Waals surface area contributed by atoms with E-state index in [0.29, 0.717) is 24.3 Å². The fourth-order valence-corrected chi connectivity index (χ4v) is 14.6. The summed E-state index contributed by atoms with van der Waals surface area (Å²) in [5.41, 5.74) is 0.889. The monoisotopic (exact) mass is 1090 g/mol. The molecule has 0 spiro atoms. The van der Waals surface area contributed by atoms with Crippen LogP contribution in [0, 0.1) is 0 Å². The van der Waals surface area contributed by atoms with Crippen LogP contribution in [-0.2, 0) is 0 Å². The molecule has 0 atom stereocenters. The summed E-state index contributed by atoms with van der Waals surface area (Å²) in [5, 5.41) is 26.1. The molecular weight excluding hydrogens is 1020 g/mol. The first-order chi connectivity index (χ1) is 39.4. The molecule has 0 aliphatic heterocycles. The fourth-order valence-electron chi connectivity index (χ4n) is 14.4. The Morgan fingerprint density at radius 1 is 0.287 bits per heavy atom. The van der Waals surface area contributed by atoms with Gasteiger partial charge in [0.2, 0.25) is 0 Å². The number of halogens is 2. The Morgan fingerprint density at radius 2 is 0.537 bits per heavy atom. The van der Waals surface area contributed by atoms with Gasteiger partial charge in [-0.25, -0.2) is 0 Å². The van der Waals surface area contributed by atoms with Crippen LogP contribution < -0.4 is 9.47 Å². The molecule has 0 aromatic heterocycles. The standard InChI is InChI=1S/C74H70Cl2O4/c1-3-5-7-9-11-13-15-17-19-25-39-79-47-33-37-55-59(43-47)65-51-29-23-21-27-49(51)63-57-41-45(73(75)77)31-35-53(57)61-54-36-32-46(74(76)78)42-58(54)64-50-28-22-24-30-52(50)66-60-44-48(80-40-26-20-18-16-14-12-10-8-6-4-2)34-38-56(60)62(55)68-71(65)69(63)67(61)70(64)72(66)68/h21-24,27-38,41-44H,3-20,25-26,39-40H2,1-2H3.